The molecule has 0 aromatic rings. The molecule has 17 heavy (non-hydrogen) atoms. The van der Waals surface area contributed by atoms with Gasteiger partial charge in [0.2, 0.25) is 11.8 Å². The van der Waals surface area contributed by atoms with Gasteiger partial charge in [-0.1, -0.05) is 12.8 Å². The molecule has 1 saturated heterocycles. The smallest absolute Gasteiger partial charge is 0.233 e. The molecule has 3 rings (SSSR count). The molecule has 0 bridgehead atoms. The van der Waals surface area contributed by atoms with Crippen molar-refractivity contribution in [1.82, 2.24) is 4.90 Å². The molecule has 0 aromatic carbocycles. The average Bonchev–Trinajstić information content (AvgIpc) is 3.00. The monoisotopic (exact) mass is 236 g/mol. The van der Waals surface area contributed by atoms with Gasteiger partial charge in [0, 0.05) is 6.04 Å². The molecule has 2 saturated carbocycles. The zero-order valence-corrected chi connectivity index (χ0v) is 10.1. The normalized spacial score (nSPS) is 41.4. The van der Waals surface area contributed by atoms with Crippen molar-refractivity contribution < 1.29 is 9.59 Å². The number of amides is 2. The van der Waals surface area contributed by atoms with E-state index in [4.69, 9.17) is 5.73 Å². The van der Waals surface area contributed by atoms with E-state index < -0.39 is 0 Å². The zero-order valence-electron chi connectivity index (χ0n) is 10.1. The van der Waals surface area contributed by atoms with Gasteiger partial charge in [0.1, 0.15) is 0 Å². The van der Waals surface area contributed by atoms with E-state index in [1.807, 2.05) is 0 Å². The maximum Gasteiger partial charge on any atom is 0.233 e. The fourth-order valence-electron chi connectivity index (χ4n) is 3.98. The third-order valence-corrected chi connectivity index (χ3v) is 4.88. The van der Waals surface area contributed by atoms with Gasteiger partial charge in [-0.25, -0.2) is 0 Å². The summed E-state index contributed by atoms with van der Waals surface area (Å²) < 4.78 is 0. The summed E-state index contributed by atoms with van der Waals surface area (Å²) >= 11 is 0. The number of carbonyl (C=O) groups excluding carboxylic acids is 2. The second-order valence-corrected chi connectivity index (χ2v) is 5.68. The van der Waals surface area contributed by atoms with Crippen molar-refractivity contribution in [3.05, 3.63) is 0 Å². The molecule has 4 atom stereocenters. The van der Waals surface area contributed by atoms with Gasteiger partial charge in [-0.15, -0.1) is 0 Å². The van der Waals surface area contributed by atoms with Crippen molar-refractivity contribution in [3.8, 4) is 0 Å². The lowest BCUT2D eigenvalue weighted by Gasteiger charge is -2.28. The highest BCUT2D eigenvalue weighted by molar-refractivity contribution is 6.05. The number of likely N-dealkylation sites (tertiary alicyclic amines) is 1. The molecule has 0 radical (unpaired) electrons. The Labute approximate surface area is 102 Å². The van der Waals surface area contributed by atoms with E-state index in [1.165, 1.54) is 0 Å². The van der Waals surface area contributed by atoms with Crippen LogP contribution in [0.2, 0.25) is 0 Å². The molecule has 94 valence electrons. The Morgan fingerprint density at radius 1 is 1.00 bits per heavy atom. The van der Waals surface area contributed by atoms with Crippen LogP contribution in [0.5, 0.6) is 0 Å². The lowest BCUT2D eigenvalue weighted by Crippen LogP contribution is -2.44. The average molecular weight is 236 g/mol. The summed E-state index contributed by atoms with van der Waals surface area (Å²) in [5.41, 5.74) is 5.75. The van der Waals surface area contributed by atoms with Crippen molar-refractivity contribution in [1.29, 1.82) is 0 Å². The summed E-state index contributed by atoms with van der Waals surface area (Å²) in [7, 11) is 0. The molecule has 2 aliphatic carbocycles. The van der Waals surface area contributed by atoms with E-state index in [0.717, 1.165) is 38.5 Å². The molecule has 3 fully saturated rings. The third kappa shape index (κ3) is 1.53. The molecule has 0 spiro atoms. The number of carbonyl (C=O) groups is 2. The second kappa shape index (κ2) is 4.09. The first-order chi connectivity index (χ1) is 8.24. The van der Waals surface area contributed by atoms with Gasteiger partial charge >= 0.3 is 0 Å². The number of fused-ring (bicyclic) bond motifs is 1. The minimum absolute atomic E-state index is 0.00141. The van der Waals surface area contributed by atoms with Crippen LogP contribution in [0, 0.1) is 17.8 Å². The first-order valence-corrected chi connectivity index (χ1v) is 6.81. The molecule has 1 heterocycles. The highest BCUT2D eigenvalue weighted by Crippen LogP contribution is 2.43. The molecule has 4 nitrogen and oxygen atoms in total. The van der Waals surface area contributed by atoms with E-state index in [2.05, 4.69) is 0 Å². The first-order valence-electron chi connectivity index (χ1n) is 6.81. The van der Waals surface area contributed by atoms with Crippen molar-refractivity contribution in [2.75, 3.05) is 6.54 Å². The van der Waals surface area contributed by atoms with Gasteiger partial charge in [-0.05, 0) is 38.1 Å². The van der Waals surface area contributed by atoms with Gasteiger partial charge in [-0.3, -0.25) is 14.5 Å². The summed E-state index contributed by atoms with van der Waals surface area (Å²) in [6.45, 7) is 0.594. The van der Waals surface area contributed by atoms with E-state index in [1.54, 1.807) is 4.90 Å². The Kier molecular flexibility index (Phi) is 2.69. The summed E-state index contributed by atoms with van der Waals surface area (Å²) in [4.78, 5) is 26.2. The molecule has 4 unspecified atom stereocenters. The van der Waals surface area contributed by atoms with E-state index in [-0.39, 0.29) is 29.7 Å². The minimum Gasteiger partial charge on any atom is -0.330 e. The van der Waals surface area contributed by atoms with E-state index in [9.17, 15) is 9.59 Å². The van der Waals surface area contributed by atoms with E-state index >= 15 is 0 Å². The predicted molar refractivity (Wildman–Crippen MR) is 62.9 cm³/mol. The standard InChI is InChI=1S/C13H20N2O2/c14-7-8-3-1-6-11(8)15-12(16)9-4-2-5-10(9)13(15)17/h8-11H,1-7,14H2. The second-order valence-electron chi connectivity index (χ2n) is 5.68. The van der Waals surface area contributed by atoms with Crippen molar-refractivity contribution >= 4 is 11.8 Å². The Morgan fingerprint density at radius 3 is 2.18 bits per heavy atom. The highest BCUT2D eigenvalue weighted by Gasteiger charge is 2.53. The molecule has 4 heteroatoms. The van der Waals surface area contributed by atoms with Gasteiger partial charge in [-0.2, -0.15) is 0 Å². The molecule has 2 N–H and O–H groups in total. The Morgan fingerprint density at radius 2 is 1.59 bits per heavy atom. The quantitative estimate of drug-likeness (QED) is 0.724. The van der Waals surface area contributed by atoms with Crippen molar-refractivity contribution in [2.45, 2.75) is 44.6 Å². The van der Waals surface area contributed by atoms with Crippen molar-refractivity contribution in [2.24, 2.45) is 23.5 Å². The molecule has 3 aliphatic rings. The lowest BCUT2D eigenvalue weighted by molar-refractivity contribution is -0.143. The predicted octanol–water partition coefficient (Wildman–Crippen LogP) is 0.899. The first kappa shape index (κ1) is 11.2. The van der Waals surface area contributed by atoms with Crippen LogP contribution in [0.4, 0.5) is 0 Å². The Balaban J connectivity index is 1.84. The number of rotatable bonds is 2. The molecule has 1 aliphatic heterocycles. The highest BCUT2D eigenvalue weighted by atomic mass is 16.2. The number of nitrogens with zero attached hydrogens (tertiary/aromatic N) is 1. The summed E-state index contributed by atoms with van der Waals surface area (Å²) in [6.07, 6.45) is 5.97. The largest absolute Gasteiger partial charge is 0.330 e. The van der Waals surface area contributed by atoms with Crippen LogP contribution < -0.4 is 5.73 Å². The number of hydrogen-bond donors (Lipinski definition) is 1. The number of imide groups is 1. The molecule has 0 aromatic heterocycles. The summed E-state index contributed by atoms with van der Waals surface area (Å²) in [5.74, 6) is 0.537. The van der Waals surface area contributed by atoms with Crippen LogP contribution in [0.25, 0.3) is 0 Å². The van der Waals surface area contributed by atoms with Crippen molar-refractivity contribution in [3.63, 3.8) is 0 Å². The van der Waals surface area contributed by atoms with Gasteiger partial charge in [0.25, 0.3) is 0 Å². The Hall–Kier alpha value is -0.900. The third-order valence-electron chi connectivity index (χ3n) is 4.88. The minimum atomic E-state index is 0.00141. The van der Waals surface area contributed by atoms with Crippen LogP contribution in [0.15, 0.2) is 0 Å². The van der Waals surface area contributed by atoms with Gasteiger partial charge < -0.3 is 5.73 Å². The maximum absolute atomic E-state index is 12.3. The van der Waals surface area contributed by atoms with Gasteiger partial charge in [0.05, 0.1) is 11.8 Å². The molecule has 2 amide bonds. The summed E-state index contributed by atoms with van der Waals surface area (Å²) in [5, 5.41) is 0. The van der Waals surface area contributed by atoms with Crippen LogP contribution in [0.3, 0.4) is 0 Å². The topological polar surface area (TPSA) is 63.4 Å². The van der Waals surface area contributed by atoms with E-state index in [0.29, 0.717) is 12.5 Å². The lowest BCUT2D eigenvalue weighted by atomic mass is 10.00. The fraction of sp³-hybridized carbons (Fsp3) is 0.846. The maximum atomic E-state index is 12.3. The van der Waals surface area contributed by atoms with Gasteiger partial charge in [0.15, 0.2) is 0 Å². The van der Waals surface area contributed by atoms with Crippen LogP contribution in [0.1, 0.15) is 38.5 Å². The van der Waals surface area contributed by atoms with Crippen LogP contribution >= 0.6 is 0 Å². The fourth-order valence-corrected chi connectivity index (χ4v) is 3.98. The van der Waals surface area contributed by atoms with Crippen LogP contribution in [-0.2, 0) is 9.59 Å². The Bertz CT molecular complexity index is 333. The number of hydrogen-bond acceptors (Lipinski definition) is 3. The molecular weight excluding hydrogens is 216 g/mol. The molecular formula is C13H20N2O2. The zero-order chi connectivity index (χ0) is 12.0. The summed E-state index contributed by atoms with van der Waals surface area (Å²) in [6, 6.07) is 0.102. The van der Waals surface area contributed by atoms with Crippen LogP contribution in [-0.4, -0.2) is 29.3 Å². The SMILES string of the molecule is NCC1CCCC1N1C(=O)C2CCCC2C1=O. The number of nitrogens with two attached hydrogens (primary N) is 1.